The molecule has 0 unspecified atom stereocenters. The number of nitrogens with zero attached hydrogens (tertiary/aromatic N) is 2. The van der Waals surface area contributed by atoms with Crippen LogP contribution in [0.1, 0.15) is 45.1 Å². The van der Waals surface area contributed by atoms with Gasteiger partial charge in [0, 0.05) is 24.8 Å². The predicted octanol–water partition coefficient (Wildman–Crippen LogP) is 1.95. The van der Waals surface area contributed by atoms with Gasteiger partial charge in [-0.15, -0.1) is 0 Å². The summed E-state index contributed by atoms with van der Waals surface area (Å²) in [7, 11) is -1.92. The minimum absolute atomic E-state index is 0.0214. The predicted molar refractivity (Wildman–Crippen MR) is 118 cm³/mol. The number of nitrogens with one attached hydrogen (secondary N) is 2. The third-order valence-corrected chi connectivity index (χ3v) is 6.97. The number of sulfonamides is 1. The number of aryl methyl sites for hydroxylation is 1. The second-order valence-corrected chi connectivity index (χ2v) is 10.1. The molecule has 0 radical (unpaired) electrons. The maximum atomic E-state index is 13.1. The smallest absolute Gasteiger partial charge is 0.243 e. The number of rotatable bonds is 8. The molecule has 0 aromatic heterocycles. The van der Waals surface area contributed by atoms with Gasteiger partial charge < -0.3 is 10.6 Å². The molecule has 1 aliphatic heterocycles. The molecule has 1 aliphatic rings. The summed E-state index contributed by atoms with van der Waals surface area (Å²) < 4.78 is 27.8. The van der Waals surface area contributed by atoms with E-state index in [0.717, 1.165) is 25.7 Å². The molecule has 1 fully saturated rings. The largest absolute Gasteiger partial charge is 0.353 e. The maximum Gasteiger partial charge on any atom is 0.243 e. The first-order chi connectivity index (χ1) is 14.1. The van der Waals surface area contributed by atoms with Gasteiger partial charge in [0.2, 0.25) is 21.8 Å². The van der Waals surface area contributed by atoms with Gasteiger partial charge in [-0.1, -0.05) is 18.9 Å². The highest BCUT2D eigenvalue weighted by atomic mass is 32.2. The number of likely N-dealkylation sites (N-methyl/N-ethyl adjacent to an activating group) is 1. The maximum absolute atomic E-state index is 13.1. The summed E-state index contributed by atoms with van der Waals surface area (Å²) in [5.41, 5.74) is 1.08. The van der Waals surface area contributed by atoms with Gasteiger partial charge in [-0.05, 0) is 58.4 Å². The standard InChI is InChI=1S/C21H34N4O4S/c1-16(2)22-20(26)14-24(4)15-21(27)23-18-10-9-17(3)19(13-18)30(28,29)25-11-7-5-6-8-12-25/h9-10,13,16H,5-8,11-12,14-15H2,1-4H3,(H,22,26)(H,23,27). The van der Waals surface area contributed by atoms with E-state index in [-0.39, 0.29) is 35.8 Å². The van der Waals surface area contributed by atoms with Crippen LogP contribution in [0, 0.1) is 6.92 Å². The van der Waals surface area contributed by atoms with Crippen molar-refractivity contribution < 1.29 is 18.0 Å². The summed E-state index contributed by atoms with van der Waals surface area (Å²) in [6.45, 7) is 6.70. The van der Waals surface area contributed by atoms with Crippen LogP contribution in [0.3, 0.4) is 0 Å². The first kappa shape index (κ1) is 24.3. The lowest BCUT2D eigenvalue weighted by Gasteiger charge is -2.22. The lowest BCUT2D eigenvalue weighted by Crippen LogP contribution is -2.41. The summed E-state index contributed by atoms with van der Waals surface area (Å²) in [5.74, 6) is -0.460. The fraction of sp³-hybridized carbons (Fsp3) is 0.619. The normalized spacial score (nSPS) is 15.8. The van der Waals surface area contributed by atoms with Gasteiger partial charge in [0.25, 0.3) is 0 Å². The van der Waals surface area contributed by atoms with Crippen molar-refractivity contribution in [3.05, 3.63) is 23.8 Å². The Labute approximate surface area is 180 Å². The van der Waals surface area contributed by atoms with E-state index in [2.05, 4.69) is 10.6 Å². The van der Waals surface area contributed by atoms with Crippen LogP contribution in [0.2, 0.25) is 0 Å². The highest BCUT2D eigenvalue weighted by Crippen LogP contribution is 2.25. The Hall–Kier alpha value is -1.97. The number of amides is 2. The van der Waals surface area contributed by atoms with Crippen molar-refractivity contribution in [3.63, 3.8) is 0 Å². The summed E-state index contributed by atoms with van der Waals surface area (Å²) in [6, 6.07) is 4.97. The fourth-order valence-corrected chi connectivity index (χ4v) is 5.26. The number of benzene rings is 1. The summed E-state index contributed by atoms with van der Waals surface area (Å²) in [5, 5.41) is 5.53. The molecule has 0 spiro atoms. The van der Waals surface area contributed by atoms with Crippen molar-refractivity contribution in [1.29, 1.82) is 0 Å². The fourth-order valence-electron chi connectivity index (χ4n) is 3.49. The molecule has 0 atom stereocenters. The molecule has 0 saturated carbocycles. The molecule has 30 heavy (non-hydrogen) atoms. The molecule has 1 saturated heterocycles. The molecule has 2 amide bonds. The lowest BCUT2D eigenvalue weighted by molar-refractivity contribution is -0.123. The van der Waals surface area contributed by atoms with Crippen molar-refractivity contribution in [2.45, 2.75) is 57.4 Å². The Morgan fingerprint density at radius 1 is 1.07 bits per heavy atom. The summed E-state index contributed by atoms with van der Waals surface area (Å²) in [6.07, 6.45) is 3.82. The van der Waals surface area contributed by atoms with Crippen LogP contribution in [0.4, 0.5) is 5.69 Å². The van der Waals surface area contributed by atoms with Crippen molar-refractivity contribution in [2.24, 2.45) is 0 Å². The highest BCUT2D eigenvalue weighted by molar-refractivity contribution is 7.89. The third kappa shape index (κ3) is 7.07. The lowest BCUT2D eigenvalue weighted by atomic mass is 10.2. The van der Waals surface area contributed by atoms with Crippen LogP contribution in [0.15, 0.2) is 23.1 Å². The monoisotopic (exact) mass is 438 g/mol. The summed E-state index contributed by atoms with van der Waals surface area (Å²) >= 11 is 0. The van der Waals surface area contributed by atoms with Crippen molar-refractivity contribution in [2.75, 3.05) is 38.5 Å². The topological polar surface area (TPSA) is 98.8 Å². The Morgan fingerprint density at radius 2 is 1.67 bits per heavy atom. The Balaban J connectivity index is 2.05. The molecule has 0 aliphatic carbocycles. The van der Waals surface area contributed by atoms with E-state index < -0.39 is 10.0 Å². The number of hydrogen-bond donors (Lipinski definition) is 2. The minimum Gasteiger partial charge on any atom is -0.353 e. The molecule has 1 aromatic rings. The molecule has 168 valence electrons. The molecule has 0 bridgehead atoms. The van der Waals surface area contributed by atoms with E-state index in [1.807, 2.05) is 13.8 Å². The third-order valence-electron chi connectivity index (χ3n) is 4.93. The zero-order valence-corrected chi connectivity index (χ0v) is 19.2. The van der Waals surface area contributed by atoms with Gasteiger partial charge in [0.1, 0.15) is 0 Å². The number of carbonyl (C=O) groups is 2. The van der Waals surface area contributed by atoms with Gasteiger partial charge in [0.05, 0.1) is 18.0 Å². The first-order valence-corrected chi connectivity index (χ1v) is 11.9. The minimum atomic E-state index is -3.61. The SMILES string of the molecule is Cc1ccc(NC(=O)CN(C)CC(=O)NC(C)C)cc1S(=O)(=O)N1CCCCCC1. The van der Waals surface area contributed by atoms with Gasteiger partial charge in [0.15, 0.2) is 0 Å². The Kier molecular flexibility index (Phi) is 8.81. The van der Waals surface area contributed by atoms with Gasteiger partial charge in [-0.25, -0.2) is 8.42 Å². The van der Waals surface area contributed by atoms with Crippen LogP contribution in [-0.2, 0) is 19.6 Å². The van der Waals surface area contributed by atoms with Crippen LogP contribution in [0.25, 0.3) is 0 Å². The van der Waals surface area contributed by atoms with E-state index >= 15 is 0 Å². The second kappa shape index (κ2) is 10.9. The van der Waals surface area contributed by atoms with E-state index in [0.29, 0.717) is 24.3 Å². The van der Waals surface area contributed by atoms with Gasteiger partial charge in [-0.3, -0.25) is 14.5 Å². The zero-order valence-electron chi connectivity index (χ0n) is 18.4. The van der Waals surface area contributed by atoms with E-state index in [1.165, 1.54) is 6.07 Å². The molecule has 1 heterocycles. The van der Waals surface area contributed by atoms with Crippen LogP contribution in [-0.4, -0.2) is 68.7 Å². The second-order valence-electron chi connectivity index (χ2n) is 8.24. The van der Waals surface area contributed by atoms with Crippen molar-refractivity contribution >= 4 is 27.5 Å². The quantitative estimate of drug-likeness (QED) is 0.646. The molecular formula is C21H34N4O4S. The molecule has 8 nitrogen and oxygen atoms in total. The number of anilines is 1. The molecule has 1 aromatic carbocycles. The van der Waals surface area contributed by atoms with Crippen molar-refractivity contribution in [1.82, 2.24) is 14.5 Å². The van der Waals surface area contributed by atoms with E-state index in [4.69, 9.17) is 0 Å². The van der Waals surface area contributed by atoms with Gasteiger partial charge in [-0.2, -0.15) is 4.31 Å². The van der Waals surface area contributed by atoms with Crippen LogP contribution < -0.4 is 10.6 Å². The van der Waals surface area contributed by atoms with E-state index in [1.54, 1.807) is 35.3 Å². The number of carbonyl (C=O) groups excluding carboxylic acids is 2. The average Bonchev–Trinajstić information content (AvgIpc) is 2.92. The van der Waals surface area contributed by atoms with Gasteiger partial charge >= 0.3 is 0 Å². The molecule has 9 heteroatoms. The highest BCUT2D eigenvalue weighted by Gasteiger charge is 2.27. The molecule has 2 rings (SSSR count). The Bertz CT molecular complexity index is 847. The average molecular weight is 439 g/mol. The Morgan fingerprint density at radius 3 is 2.27 bits per heavy atom. The van der Waals surface area contributed by atoms with Crippen LogP contribution in [0.5, 0.6) is 0 Å². The van der Waals surface area contributed by atoms with E-state index in [9.17, 15) is 18.0 Å². The van der Waals surface area contributed by atoms with Crippen molar-refractivity contribution in [3.8, 4) is 0 Å². The number of hydrogen-bond acceptors (Lipinski definition) is 5. The zero-order chi connectivity index (χ0) is 22.3. The molecular weight excluding hydrogens is 404 g/mol. The summed E-state index contributed by atoms with van der Waals surface area (Å²) in [4.78, 5) is 26.0. The first-order valence-electron chi connectivity index (χ1n) is 10.5. The molecule has 2 N–H and O–H groups in total. The van der Waals surface area contributed by atoms with Crippen LogP contribution >= 0.6 is 0 Å².